The Morgan fingerprint density at radius 3 is 2.63 bits per heavy atom. The third-order valence-corrected chi connectivity index (χ3v) is 4.19. The number of carbonyl (C=O) groups excluding carboxylic acids is 1. The number of hydrogen-bond donors (Lipinski definition) is 0. The zero-order chi connectivity index (χ0) is 13.7. The summed E-state index contributed by atoms with van der Waals surface area (Å²) in [4.78, 5) is 15.3. The second-order valence-corrected chi connectivity index (χ2v) is 5.70. The third kappa shape index (κ3) is 3.57. The van der Waals surface area contributed by atoms with E-state index >= 15 is 0 Å². The molecule has 2 aromatic heterocycles. The van der Waals surface area contributed by atoms with E-state index in [1.165, 1.54) is 6.92 Å². The van der Waals surface area contributed by atoms with Gasteiger partial charge in [0, 0.05) is 6.92 Å². The van der Waals surface area contributed by atoms with Crippen LogP contribution in [0, 0.1) is 11.8 Å². The fraction of sp³-hybridized carbons (Fsp3) is 0.133. The molecule has 2 rings (SSSR count). The highest BCUT2D eigenvalue weighted by atomic mass is 32.1. The molecule has 0 bridgehead atoms. The van der Waals surface area contributed by atoms with Crippen LogP contribution in [0.3, 0.4) is 0 Å². The van der Waals surface area contributed by atoms with Gasteiger partial charge in [-0.15, -0.1) is 22.7 Å². The number of thiophene rings is 2. The molecule has 2 heterocycles. The molecule has 96 valence electrons. The Kier molecular flexibility index (Phi) is 4.56. The molecule has 2 nitrogen and oxygen atoms in total. The van der Waals surface area contributed by atoms with Crippen molar-refractivity contribution in [3.63, 3.8) is 0 Å². The number of rotatable bonds is 3. The summed E-state index contributed by atoms with van der Waals surface area (Å²) in [6.45, 7) is 5.88. The number of nitrogens with zero attached hydrogens (tertiary/aromatic N) is 1. The van der Waals surface area contributed by atoms with E-state index in [0.29, 0.717) is 12.2 Å². The zero-order valence-electron chi connectivity index (χ0n) is 10.6. The van der Waals surface area contributed by atoms with E-state index in [0.717, 1.165) is 9.75 Å². The number of carbonyl (C=O) groups is 1. The molecule has 4 heteroatoms. The molecule has 0 unspecified atom stereocenters. The third-order valence-electron chi connectivity index (χ3n) is 2.48. The van der Waals surface area contributed by atoms with Crippen molar-refractivity contribution in [2.45, 2.75) is 6.92 Å². The Morgan fingerprint density at radius 2 is 2.05 bits per heavy atom. The predicted octanol–water partition coefficient (Wildman–Crippen LogP) is 3.68. The maximum absolute atomic E-state index is 11.7. The van der Waals surface area contributed by atoms with Crippen LogP contribution < -0.4 is 0 Å². The molecule has 0 spiro atoms. The summed E-state index contributed by atoms with van der Waals surface area (Å²) in [5.74, 6) is 6.03. The molecule has 0 fully saturated rings. The normalized spacial score (nSPS) is 9.53. The van der Waals surface area contributed by atoms with Gasteiger partial charge in [-0.25, -0.2) is 0 Å². The Balaban J connectivity index is 2.09. The van der Waals surface area contributed by atoms with Crippen molar-refractivity contribution in [1.82, 2.24) is 4.90 Å². The first-order valence-corrected chi connectivity index (χ1v) is 7.47. The van der Waals surface area contributed by atoms with Gasteiger partial charge in [0.25, 0.3) is 0 Å². The fourth-order valence-electron chi connectivity index (χ4n) is 1.53. The molecule has 0 N–H and O–H groups in total. The van der Waals surface area contributed by atoms with Gasteiger partial charge >= 0.3 is 0 Å². The molecule has 0 saturated heterocycles. The van der Waals surface area contributed by atoms with Gasteiger partial charge in [0.2, 0.25) is 5.91 Å². The molecule has 0 saturated carbocycles. The number of hydrogen-bond acceptors (Lipinski definition) is 3. The molecule has 2 aromatic rings. The molecule has 0 aliphatic rings. The average molecular weight is 287 g/mol. The summed E-state index contributed by atoms with van der Waals surface area (Å²) in [5.41, 5.74) is 0.711. The maximum Gasteiger partial charge on any atom is 0.224 e. The average Bonchev–Trinajstić information content (AvgIpc) is 3.05. The molecule has 0 aliphatic heterocycles. The minimum absolute atomic E-state index is 0.0427. The van der Waals surface area contributed by atoms with E-state index in [2.05, 4.69) is 18.4 Å². The van der Waals surface area contributed by atoms with Crippen molar-refractivity contribution in [2.24, 2.45) is 0 Å². The molecule has 0 aromatic carbocycles. The van der Waals surface area contributed by atoms with Crippen molar-refractivity contribution in [3.8, 4) is 11.8 Å². The highest BCUT2D eigenvalue weighted by Crippen LogP contribution is 2.21. The monoisotopic (exact) mass is 287 g/mol. The van der Waals surface area contributed by atoms with Crippen molar-refractivity contribution < 1.29 is 4.79 Å². The lowest BCUT2D eigenvalue weighted by Crippen LogP contribution is -2.26. The van der Waals surface area contributed by atoms with E-state index < -0.39 is 0 Å². The quantitative estimate of drug-likeness (QED) is 0.789. The van der Waals surface area contributed by atoms with Gasteiger partial charge in [-0.05, 0) is 22.9 Å². The van der Waals surface area contributed by atoms with E-state index in [4.69, 9.17) is 0 Å². The Morgan fingerprint density at radius 1 is 1.32 bits per heavy atom. The Labute approximate surface area is 121 Å². The summed E-state index contributed by atoms with van der Waals surface area (Å²) in [7, 11) is 0. The minimum atomic E-state index is -0.0427. The van der Waals surface area contributed by atoms with Gasteiger partial charge in [0.1, 0.15) is 0 Å². The molecule has 0 aliphatic carbocycles. The van der Waals surface area contributed by atoms with E-state index in [-0.39, 0.29) is 5.91 Å². The van der Waals surface area contributed by atoms with Crippen LogP contribution in [0.1, 0.15) is 16.7 Å². The highest BCUT2D eigenvalue weighted by Gasteiger charge is 2.13. The van der Waals surface area contributed by atoms with Crippen LogP contribution in [0.15, 0.2) is 41.6 Å². The SMILES string of the molecule is C=C(c1cccs1)N(CC#Cc1cccs1)C(C)=O. The van der Waals surface area contributed by atoms with E-state index in [1.54, 1.807) is 27.6 Å². The second-order valence-electron chi connectivity index (χ2n) is 3.81. The highest BCUT2D eigenvalue weighted by molar-refractivity contribution is 7.11. The lowest BCUT2D eigenvalue weighted by Gasteiger charge is -2.19. The standard InChI is InChI=1S/C15H13NOS2/c1-12(15-8-5-11-19-15)16(13(2)17)9-3-6-14-7-4-10-18-14/h4-5,7-8,10-11H,1,9H2,2H3. The van der Waals surface area contributed by atoms with Crippen molar-refractivity contribution in [3.05, 3.63) is 51.4 Å². The molecule has 0 radical (unpaired) electrons. The van der Waals surface area contributed by atoms with Gasteiger partial charge in [0.05, 0.1) is 22.0 Å². The minimum Gasteiger partial charge on any atom is -0.300 e. The van der Waals surface area contributed by atoms with Crippen LogP contribution in [-0.2, 0) is 4.79 Å². The first kappa shape index (κ1) is 13.6. The molecular formula is C15H13NOS2. The summed E-state index contributed by atoms with van der Waals surface area (Å²) >= 11 is 3.16. The van der Waals surface area contributed by atoms with Gasteiger partial charge in [-0.2, -0.15) is 0 Å². The van der Waals surface area contributed by atoms with Crippen LogP contribution in [0.2, 0.25) is 0 Å². The van der Waals surface area contributed by atoms with Crippen LogP contribution in [0.5, 0.6) is 0 Å². The number of amides is 1. The predicted molar refractivity (Wildman–Crippen MR) is 81.9 cm³/mol. The van der Waals surface area contributed by atoms with E-state index in [1.807, 2.05) is 35.0 Å². The van der Waals surface area contributed by atoms with Crippen molar-refractivity contribution in [1.29, 1.82) is 0 Å². The van der Waals surface area contributed by atoms with Gasteiger partial charge in [-0.3, -0.25) is 4.79 Å². The molecule has 0 atom stereocenters. The first-order chi connectivity index (χ1) is 9.18. The van der Waals surface area contributed by atoms with Crippen LogP contribution in [0.25, 0.3) is 5.70 Å². The molecule has 1 amide bonds. The lowest BCUT2D eigenvalue weighted by atomic mass is 10.3. The van der Waals surface area contributed by atoms with E-state index in [9.17, 15) is 4.79 Å². The van der Waals surface area contributed by atoms with Crippen molar-refractivity contribution >= 4 is 34.3 Å². The van der Waals surface area contributed by atoms with Crippen LogP contribution >= 0.6 is 22.7 Å². The van der Waals surface area contributed by atoms with Crippen LogP contribution in [0.4, 0.5) is 0 Å². The summed E-state index contributed by atoms with van der Waals surface area (Å²) in [6, 6.07) is 7.82. The molecular weight excluding hydrogens is 274 g/mol. The smallest absolute Gasteiger partial charge is 0.224 e. The summed E-state index contributed by atoms with van der Waals surface area (Å²) < 4.78 is 0. The second kappa shape index (κ2) is 6.37. The first-order valence-electron chi connectivity index (χ1n) is 5.72. The van der Waals surface area contributed by atoms with Crippen LogP contribution in [-0.4, -0.2) is 17.4 Å². The summed E-state index contributed by atoms with van der Waals surface area (Å²) in [5, 5.41) is 3.95. The Hall–Kier alpha value is -1.83. The largest absolute Gasteiger partial charge is 0.300 e. The fourth-order valence-corrected chi connectivity index (χ4v) is 2.83. The van der Waals surface area contributed by atoms with Gasteiger partial charge in [-0.1, -0.05) is 30.6 Å². The Bertz CT molecular complexity index is 615. The lowest BCUT2D eigenvalue weighted by molar-refractivity contribution is -0.125. The van der Waals surface area contributed by atoms with Gasteiger partial charge < -0.3 is 4.90 Å². The van der Waals surface area contributed by atoms with Crippen molar-refractivity contribution in [2.75, 3.05) is 6.54 Å². The topological polar surface area (TPSA) is 20.3 Å². The summed E-state index contributed by atoms with van der Waals surface area (Å²) in [6.07, 6.45) is 0. The maximum atomic E-state index is 11.7. The zero-order valence-corrected chi connectivity index (χ0v) is 12.2. The van der Waals surface area contributed by atoms with Gasteiger partial charge in [0.15, 0.2) is 0 Å². The molecule has 19 heavy (non-hydrogen) atoms.